The summed E-state index contributed by atoms with van der Waals surface area (Å²) in [6.45, 7) is 0. The molecule has 3 aromatic carbocycles. The number of benzene rings is 3. The molecule has 0 amide bonds. The van der Waals surface area contributed by atoms with E-state index >= 15 is 0 Å². The van der Waals surface area contributed by atoms with Gasteiger partial charge >= 0.3 is 5.97 Å². The summed E-state index contributed by atoms with van der Waals surface area (Å²) in [4.78, 5) is 15.1. The summed E-state index contributed by atoms with van der Waals surface area (Å²) in [5.41, 5.74) is 3.94. The van der Waals surface area contributed by atoms with Crippen LogP contribution in [0.3, 0.4) is 0 Å². The molecule has 0 spiro atoms. The zero-order valence-corrected chi connectivity index (χ0v) is 16.2. The van der Waals surface area contributed by atoms with E-state index in [9.17, 15) is 4.79 Å². The second-order valence-corrected chi connectivity index (χ2v) is 7.10. The van der Waals surface area contributed by atoms with Gasteiger partial charge in [0.05, 0.1) is 13.2 Å². The van der Waals surface area contributed by atoms with Gasteiger partial charge < -0.3 is 9.64 Å². The van der Waals surface area contributed by atoms with Gasteiger partial charge in [-0.3, -0.25) is 0 Å². The summed E-state index contributed by atoms with van der Waals surface area (Å²) in [5.74, 6) is -0.302. The van der Waals surface area contributed by atoms with E-state index in [1.165, 1.54) is 7.11 Å². The third-order valence-electron chi connectivity index (χ3n) is 4.98. The normalized spacial score (nSPS) is 16.4. The van der Waals surface area contributed by atoms with Gasteiger partial charge in [-0.05, 0) is 34.9 Å². The fourth-order valence-electron chi connectivity index (χ4n) is 3.72. The number of hydrogen-bond donors (Lipinski definition) is 0. The topological polar surface area (TPSA) is 29.5 Å². The largest absolute Gasteiger partial charge is 0.467 e. The molecule has 4 heteroatoms. The van der Waals surface area contributed by atoms with Crippen LogP contribution >= 0.6 is 11.6 Å². The standard InChI is InChI=1S/C24H20ClNO2/c1-28-24(27)23(18-9-3-2-4-10-18)26-21-13-6-5-8-17(21)14-15-22(26)19-11-7-12-20(25)16-19/h2-16,22-23H,1H3/t22-,23+/m1/s1. The molecule has 140 valence electrons. The Morgan fingerprint density at radius 3 is 2.50 bits per heavy atom. The molecule has 0 aliphatic carbocycles. The van der Waals surface area contributed by atoms with Crippen molar-refractivity contribution >= 4 is 29.3 Å². The number of esters is 1. The number of fused-ring (bicyclic) bond motifs is 1. The van der Waals surface area contributed by atoms with Crippen LogP contribution in [0.4, 0.5) is 5.69 Å². The van der Waals surface area contributed by atoms with E-state index < -0.39 is 6.04 Å². The Morgan fingerprint density at radius 1 is 1.00 bits per heavy atom. The lowest BCUT2D eigenvalue weighted by Crippen LogP contribution is -2.39. The van der Waals surface area contributed by atoms with E-state index in [4.69, 9.17) is 16.3 Å². The summed E-state index contributed by atoms with van der Waals surface area (Å²) in [7, 11) is 1.43. The first-order chi connectivity index (χ1) is 13.7. The van der Waals surface area contributed by atoms with Crippen molar-refractivity contribution in [3.63, 3.8) is 0 Å². The lowest BCUT2D eigenvalue weighted by Gasteiger charge is -2.40. The Labute approximate surface area is 169 Å². The minimum absolute atomic E-state index is 0.155. The Kier molecular flexibility index (Phi) is 5.18. The first-order valence-corrected chi connectivity index (χ1v) is 9.50. The van der Waals surface area contributed by atoms with Crippen molar-refractivity contribution < 1.29 is 9.53 Å². The molecule has 0 aromatic heterocycles. The molecular weight excluding hydrogens is 370 g/mol. The highest BCUT2D eigenvalue weighted by Crippen LogP contribution is 2.43. The number of rotatable bonds is 4. The van der Waals surface area contributed by atoms with Crippen molar-refractivity contribution in [2.75, 3.05) is 12.0 Å². The summed E-state index contributed by atoms with van der Waals surface area (Å²) in [6.07, 6.45) is 4.20. The molecule has 1 heterocycles. The number of methoxy groups -OCH3 is 1. The molecule has 1 aliphatic heterocycles. The van der Waals surface area contributed by atoms with Gasteiger partial charge in [0.15, 0.2) is 6.04 Å². The van der Waals surface area contributed by atoms with Crippen molar-refractivity contribution in [3.05, 3.63) is 107 Å². The monoisotopic (exact) mass is 389 g/mol. The van der Waals surface area contributed by atoms with E-state index in [0.717, 1.165) is 22.4 Å². The maximum absolute atomic E-state index is 13.0. The number of anilines is 1. The third-order valence-corrected chi connectivity index (χ3v) is 5.22. The molecular formula is C24H20ClNO2. The van der Waals surface area contributed by atoms with Gasteiger partial charge in [-0.2, -0.15) is 0 Å². The van der Waals surface area contributed by atoms with Gasteiger partial charge in [-0.1, -0.05) is 84.4 Å². The van der Waals surface area contributed by atoms with Crippen LogP contribution in [-0.2, 0) is 9.53 Å². The minimum Gasteiger partial charge on any atom is -0.467 e. The average Bonchev–Trinajstić information content (AvgIpc) is 2.74. The van der Waals surface area contributed by atoms with Gasteiger partial charge in [-0.15, -0.1) is 0 Å². The minimum atomic E-state index is -0.582. The molecule has 3 aromatic rings. The van der Waals surface area contributed by atoms with Gasteiger partial charge in [0.2, 0.25) is 0 Å². The first kappa shape index (κ1) is 18.3. The highest BCUT2D eigenvalue weighted by Gasteiger charge is 2.36. The van der Waals surface area contributed by atoms with Gasteiger partial charge in [0.25, 0.3) is 0 Å². The van der Waals surface area contributed by atoms with Crippen molar-refractivity contribution in [2.24, 2.45) is 0 Å². The Morgan fingerprint density at radius 2 is 1.75 bits per heavy atom. The molecule has 1 aliphatic rings. The number of para-hydroxylation sites is 1. The molecule has 0 saturated heterocycles. The first-order valence-electron chi connectivity index (χ1n) is 9.13. The van der Waals surface area contributed by atoms with Crippen LogP contribution in [0, 0.1) is 0 Å². The quantitative estimate of drug-likeness (QED) is 0.526. The lowest BCUT2D eigenvalue weighted by atomic mass is 9.93. The second kappa shape index (κ2) is 7.91. The lowest BCUT2D eigenvalue weighted by molar-refractivity contribution is -0.142. The van der Waals surface area contributed by atoms with E-state index in [2.05, 4.69) is 17.1 Å². The van der Waals surface area contributed by atoms with E-state index in [-0.39, 0.29) is 12.0 Å². The SMILES string of the molecule is COC(=O)[C@H](c1ccccc1)N1c2ccccc2C=C[C@@H]1c1cccc(Cl)c1. The molecule has 4 rings (SSSR count). The van der Waals surface area contributed by atoms with Crippen LogP contribution in [0.2, 0.25) is 5.02 Å². The molecule has 28 heavy (non-hydrogen) atoms. The molecule has 2 atom stereocenters. The fourth-order valence-corrected chi connectivity index (χ4v) is 3.92. The van der Waals surface area contributed by atoms with Crippen LogP contribution in [0.1, 0.15) is 28.8 Å². The third kappa shape index (κ3) is 3.41. The number of carbonyl (C=O) groups excluding carboxylic acids is 1. The highest BCUT2D eigenvalue weighted by atomic mass is 35.5. The van der Waals surface area contributed by atoms with Crippen LogP contribution < -0.4 is 4.90 Å². The zero-order valence-electron chi connectivity index (χ0n) is 15.5. The van der Waals surface area contributed by atoms with Crippen molar-refractivity contribution in [1.82, 2.24) is 0 Å². The molecule has 3 nitrogen and oxygen atoms in total. The Hall–Kier alpha value is -3.04. The van der Waals surface area contributed by atoms with Crippen LogP contribution in [0.5, 0.6) is 0 Å². The predicted molar refractivity (Wildman–Crippen MR) is 113 cm³/mol. The second-order valence-electron chi connectivity index (χ2n) is 6.66. The number of hydrogen-bond acceptors (Lipinski definition) is 3. The number of nitrogens with zero attached hydrogens (tertiary/aromatic N) is 1. The van der Waals surface area contributed by atoms with Crippen molar-refractivity contribution in [3.8, 4) is 0 Å². The van der Waals surface area contributed by atoms with Crippen molar-refractivity contribution in [2.45, 2.75) is 12.1 Å². The maximum atomic E-state index is 13.0. The molecule has 0 radical (unpaired) electrons. The Bertz CT molecular complexity index is 1020. The highest BCUT2D eigenvalue weighted by molar-refractivity contribution is 6.30. The molecule has 0 N–H and O–H groups in total. The summed E-state index contributed by atoms with van der Waals surface area (Å²) in [6, 6.07) is 24.8. The summed E-state index contributed by atoms with van der Waals surface area (Å²) < 4.78 is 5.21. The smallest absolute Gasteiger partial charge is 0.333 e. The van der Waals surface area contributed by atoms with Crippen LogP contribution in [0.25, 0.3) is 6.08 Å². The zero-order chi connectivity index (χ0) is 19.5. The van der Waals surface area contributed by atoms with Crippen LogP contribution in [-0.4, -0.2) is 13.1 Å². The molecule has 0 saturated carbocycles. The fraction of sp³-hybridized carbons (Fsp3) is 0.125. The molecule has 0 fully saturated rings. The van der Waals surface area contributed by atoms with E-state index in [1.54, 1.807) is 0 Å². The molecule has 0 unspecified atom stereocenters. The number of halogens is 1. The Balaban J connectivity index is 1.91. The average molecular weight is 390 g/mol. The van der Waals surface area contributed by atoms with E-state index in [1.807, 2.05) is 78.9 Å². The van der Waals surface area contributed by atoms with E-state index in [0.29, 0.717) is 5.02 Å². The summed E-state index contributed by atoms with van der Waals surface area (Å²) in [5, 5.41) is 0.666. The predicted octanol–water partition coefficient (Wildman–Crippen LogP) is 5.83. The molecule has 0 bridgehead atoms. The van der Waals surface area contributed by atoms with Gasteiger partial charge in [0.1, 0.15) is 0 Å². The maximum Gasteiger partial charge on any atom is 0.333 e. The number of ether oxygens (including phenoxy) is 1. The summed E-state index contributed by atoms with van der Waals surface area (Å²) >= 11 is 6.26. The van der Waals surface area contributed by atoms with Crippen LogP contribution in [0.15, 0.2) is 84.9 Å². The van der Waals surface area contributed by atoms with Gasteiger partial charge in [-0.25, -0.2) is 4.79 Å². The van der Waals surface area contributed by atoms with Crippen molar-refractivity contribution in [1.29, 1.82) is 0 Å². The number of carbonyl (C=O) groups is 1. The van der Waals surface area contributed by atoms with Gasteiger partial charge in [0, 0.05) is 10.7 Å².